The summed E-state index contributed by atoms with van der Waals surface area (Å²) in [5.41, 5.74) is 2.03. The van der Waals surface area contributed by atoms with E-state index in [0.717, 1.165) is 11.1 Å². The number of nitrogens with zero attached hydrogens (tertiary/aromatic N) is 1. The molecular weight excluding hydrogens is 330 g/mol. The van der Waals surface area contributed by atoms with Crippen LogP contribution in [0.2, 0.25) is 0 Å². The number of allylic oxidation sites excluding steroid dienone is 2. The number of rotatable bonds is 6. The average molecular weight is 347 g/mol. The van der Waals surface area contributed by atoms with Crippen LogP contribution in [0.5, 0.6) is 0 Å². The van der Waals surface area contributed by atoms with Crippen molar-refractivity contribution in [2.75, 3.05) is 6.54 Å². The van der Waals surface area contributed by atoms with Crippen molar-refractivity contribution in [3.63, 3.8) is 0 Å². The highest BCUT2D eigenvalue weighted by atomic mass is 32.2. The van der Waals surface area contributed by atoms with E-state index in [1.807, 2.05) is 49.4 Å². The number of hydrogen-bond acceptors (Lipinski definition) is 4. The highest BCUT2D eigenvalue weighted by Gasteiger charge is 2.31. The molecule has 1 amide bonds. The molecule has 1 N–H and O–H groups in total. The maximum atomic E-state index is 12.4. The quantitative estimate of drug-likeness (QED) is 0.628. The van der Waals surface area contributed by atoms with E-state index in [9.17, 15) is 9.59 Å². The zero-order valence-electron chi connectivity index (χ0n) is 12.7. The van der Waals surface area contributed by atoms with Crippen LogP contribution < -0.4 is 0 Å². The first-order chi connectivity index (χ1) is 11.0. The fourth-order valence-electron chi connectivity index (χ4n) is 2.14. The molecule has 120 valence electrons. The van der Waals surface area contributed by atoms with Crippen molar-refractivity contribution < 1.29 is 14.7 Å². The van der Waals surface area contributed by atoms with Crippen LogP contribution in [0.25, 0.3) is 6.08 Å². The number of amides is 1. The first-order valence-corrected chi connectivity index (χ1v) is 8.40. The molecular formula is C17H17NO3S2. The van der Waals surface area contributed by atoms with Crippen LogP contribution in [0, 0.1) is 0 Å². The van der Waals surface area contributed by atoms with Crippen molar-refractivity contribution in [3.8, 4) is 0 Å². The third-order valence-corrected chi connectivity index (χ3v) is 4.58. The van der Waals surface area contributed by atoms with Gasteiger partial charge in [-0.3, -0.25) is 14.5 Å². The van der Waals surface area contributed by atoms with E-state index in [1.165, 1.54) is 16.7 Å². The molecule has 1 aromatic rings. The lowest BCUT2D eigenvalue weighted by Gasteiger charge is -2.13. The Kier molecular flexibility index (Phi) is 6.12. The standard InChI is InChI=1S/C17H17NO3S2/c1-12(10-13-6-3-2-4-7-13)11-14-16(21)18(17(22)23-14)9-5-8-15(19)20/h2-4,6-7,10-11H,5,8-9H2,1H3,(H,19,20)/b12-10-,14-11-. The summed E-state index contributed by atoms with van der Waals surface area (Å²) >= 11 is 6.48. The van der Waals surface area contributed by atoms with Gasteiger partial charge in [-0.2, -0.15) is 0 Å². The molecule has 0 aromatic heterocycles. The summed E-state index contributed by atoms with van der Waals surface area (Å²) in [4.78, 5) is 25.0. The molecule has 4 nitrogen and oxygen atoms in total. The van der Waals surface area contributed by atoms with Crippen LogP contribution in [0.15, 0.2) is 46.9 Å². The molecule has 0 spiro atoms. The van der Waals surface area contributed by atoms with Gasteiger partial charge >= 0.3 is 5.97 Å². The molecule has 1 fully saturated rings. The van der Waals surface area contributed by atoms with Crippen LogP contribution in [0.1, 0.15) is 25.3 Å². The van der Waals surface area contributed by atoms with E-state index in [4.69, 9.17) is 17.3 Å². The summed E-state index contributed by atoms with van der Waals surface area (Å²) in [6.45, 7) is 2.28. The molecule has 0 atom stereocenters. The summed E-state index contributed by atoms with van der Waals surface area (Å²) in [5, 5.41) is 8.67. The molecule has 2 rings (SSSR count). The van der Waals surface area contributed by atoms with Gasteiger partial charge in [0.2, 0.25) is 0 Å². The minimum absolute atomic E-state index is 0.0308. The number of carboxylic acid groups (broad SMARTS) is 1. The monoisotopic (exact) mass is 347 g/mol. The van der Waals surface area contributed by atoms with Gasteiger partial charge in [-0.1, -0.05) is 60.4 Å². The third-order valence-electron chi connectivity index (χ3n) is 3.20. The molecule has 1 aromatic carbocycles. The second-order valence-corrected chi connectivity index (χ2v) is 6.81. The van der Waals surface area contributed by atoms with Crippen LogP contribution in [-0.2, 0) is 9.59 Å². The molecule has 1 aliphatic rings. The third kappa shape index (κ3) is 5.04. The maximum absolute atomic E-state index is 12.4. The predicted molar refractivity (Wildman–Crippen MR) is 96.9 cm³/mol. The van der Waals surface area contributed by atoms with Crippen LogP contribution in [0.3, 0.4) is 0 Å². The van der Waals surface area contributed by atoms with E-state index in [1.54, 1.807) is 0 Å². The fourth-order valence-corrected chi connectivity index (χ4v) is 3.50. The minimum atomic E-state index is -0.868. The zero-order chi connectivity index (χ0) is 16.8. The summed E-state index contributed by atoms with van der Waals surface area (Å²) < 4.78 is 0.485. The summed E-state index contributed by atoms with van der Waals surface area (Å²) in [7, 11) is 0. The predicted octanol–water partition coefficient (Wildman–Crippen LogP) is 3.70. The molecule has 1 heterocycles. The van der Waals surface area contributed by atoms with Crippen molar-refractivity contribution in [1.82, 2.24) is 4.90 Å². The Labute approximate surface area is 144 Å². The van der Waals surface area contributed by atoms with Crippen molar-refractivity contribution in [3.05, 3.63) is 52.4 Å². The van der Waals surface area contributed by atoms with Gasteiger partial charge in [-0.15, -0.1) is 0 Å². The molecule has 0 aliphatic carbocycles. The Balaban J connectivity index is 2.06. The highest BCUT2D eigenvalue weighted by Crippen LogP contribution is 2.32. The van der Waals surface area contributed by atoms with Crippen molar-refractivity contribution in [2.24, 2.45) is 0 Å². The van der Waals surface area contributed by atoms with Crippen molar-refractivity contribution in [1.29, 1.82) is 0 Å². The SMILES string of the molecule is CC(=C/c1ccccc1)/C=C1\SC(=S)N(CCCC(=O)O)C1=O. The molecule has 0 bridgehead atoms. The van der Waals surface area contributed by atoms with E-state index < -0.39 is 5.97 Å². The molecule has 0 saturated carbocycles. The maximum Gasteiger partial charge on any atom is 0.303 e. The largest absolute Gasteiger partial charge is 0.481 e. The number of aliphatic carboxylic acids is 1. The van der Waals surface area contributed by atoms with E-state index in [0.29, 0.717) is 22.2 Å². The molecule has 1 aliphatic heterocycles. The Hall–Kier alpha value is -1.92. The number of benzene rings is 1. The minimum Gasteiger partial charge on any atom is -0.481 e. The summed E-state index contributed by atoms with van der Waals surface area (Å²) in [6, 6.07) is 9.86. The lowest BCUT2D eigenvalue weighted by molar-refractivity contribution is -0.137. The molecule has 23 heavy (non-hydrogen) atoms. The molecule has 0 radical (unpaired) electrons. The van der Waals surface area contributed by atoms with Gasteiger partial charge in [-0.25, -0.2) is 0 Å². The first kappa shape index (κ1) is 17.4. The van der Waals surface area contributed by atoms with Crippen LogP contribution in [-0.4, -0.2) is 32.7 Å². The highest BCUT2D eigenvalue weighted by molar-refractivity contribution is 8.26. The number of carbonyl (C=O) groups excluding carboxylic acids is 1. The van der Waals surface area contributed by atoms with Crippen molar-refractivity contribution >= 4 is 46.3 Å². The lowest BCUT2D eigenvalue weighted by atomic mass is 10.1. The van der Waals surface area contributed by atoms with Gasteiger partial charge in [0.05, 0.1) is 4.91 Å². The lowest BCUT2D eigenvalue weighted by Crippen LogP contribution is -2.29. The van der Waals surface area contributed by atoms with Gasteiger partial charge in [0, 0.05) is 13.0 Å². The molecule has 0 unspecified atom stereocenters. The summed E-state index contributed by atoms with van der Waals surface area (Å²) in [5.74, 6) is -1.01. The van der Waals surface area contributed by atoms with E-state index in [2.05, 4.69) is 0 Å². The van der Waals surface area contributed by atoms with Gasteiger partial charge in [0.1, 0.15) is 4.32 Å². The van der Waals surface area contributed by atoms with Crippen LogP contribution >= 0.6 is 24.0 Å². The average Bonchev–Trinajstić information content (AvgIpc) is 2.75. The van der Waals surface area contributed by atoms with Crippen LogP contribution in [0.4, 0.5) is 0 Å². The van der Waals surface area contributed by atoms with Gasteiger partial charge in [-0.05, 0) is 30.6 Å². The second-order valence-electron chi connectivity index (χ2n) is 5.13. The smallest absolute Gasteiger partial charge is 0.303 e. The van der Waals surface area contributed by atoms with E-state index >= 15 is 0 Å². The first-order valence-electron chi connectivity index (χ1n) is 7.18. The number of thiocarbonyl (C=S) groups is 1. The molecule has 1 saturated heterocycles. The Morgan fingerprint density at radius 2 is 2.04 bits per heavy atom. The number of thioether (sulfide) groups is 1. The Morgan fingerprint density at radius 1 is 1.35 bits per heavy atom. The zero-order valence-corrected chi connectivity index (χ0v) is 14.3. The normalized spacial score (nSPS) is 17.2. The number of carbonyl (C=O) groups is 2. The van der Waals surface area contributed by atoms with Gasteiger partial charge in [0.25, 0.3) is 5.91 Å². The Morgan fingerprint density at radius 3 is 2.70 bits per heavy atom. The number of carboxylic acids is 1. The molecule has 6 heteroatoms. The number of hydrogen-bond donors (Lipinski definition) is 1. The fraction of sp³-hybridized carbons (Fsp3) is 0.235. The van der Waals surface area contributed by atoms with Gasteiger partial charge < -0.3 is 5.11 Å². The van der Waals surface area contributed by atoms with Crippen molar-refractivity contribution in [2.45, 2.75) is 19.8 Å². The topological polar surface area (TPSA) is 57.6 Å². The van der Waals surface area contributed by atoms with Gasteiger partial charge in [0.15, 0.2) is 0 Å². The van der Waals surface area contributed by atoms with E-state index in [-0.39, 0.29) is 12.3 Å². The second kappa shape index (κ2) is 8.08. The Bertz CT molecular complexity index is 680. The summed E-state index contributed by atoms with van der Waals surface area (Å²) in [6.07, 6.45) is 4.25.